The van der Waals surface area contributed by atoms with E-state index in [1.54, 1.807) is 0 Å². The van der Waals surface area contributed by atoms with Crippen LogP contribution in [0.4, 0.5) is 0 Å². The molecule has 0 aromatic rings. The number of carbonyl (C=O) groups is 1. The molecule has 0 spiro atoms. The van der Waals surface area contributed by atoms with Gasteiger partial charge in [-0.2, -0.15) is 8.42 Å². The Kier molecular flexibility index (Phi) is 7.39. The summed E-state index contributed by atoms with van der Waals surface area (Å²) < 4.78 is 31.6. The molecule has 0 saturated carbocycles. The van der Waals surface area contributed by atoms with Crippen molar-refractivity contribution in [2.75, 3.05) is 0 Å². The van der Waals surface area contributed by atoms with Crippen molar-refractivity contribution >= 4 is 16.3 Å². The van der Waals surface area contributed by atoms with Crippen molar-refractivity contribution in [2.45, 2.75) is 19.9 Å². The van der Waals surface area contributed by atoms with E-state index in [2.05, 4.69) is 11.9 Å². The van der Waals surface area contributed by atoms with Crippen LogP contribution in [0.2, 0.25) is 0 Å². The lowest BCUT2D eigenvalue weighted by Crippen LogP contribution is -2.27. The van der Waals surface area contributed by atoms with Crippen LogP contribution in [0.5, 0.6) is 0 Å². The minimum absolute atomic E-state index is 0.111. The van der Waals surface area contributed by atoms with Crippen LogP contribution in [0.15, 0.2) is 12.7 Å². The van der Waals surface area contributed by atoms with Gasteiger partial charge in [-0.1, -0.05) is 6.58 Å². The van der Waals surface area contributed by atoms with Crippen molar-refractivity contribution in [2.24, 2.45) is 0 Å². The van der Waals surface area contributed by atoms with E-state index in [0.717, 1.165) is 0 Å². The van der Waals surface area contributed by atoms with Gasteiger partial charge in [-0.15, -0.1) is 0 Å². The largest absolute Gasteiger partial charge is 0.394 e. The molecule has 0 aromatic carbocycles. The van der Waals surface area contributed by atoms with Gasteiger partial charge in [-0.25, -0.2) is 0 Å². The smallest absolute Gasteiger partial charge is 0.350 e. The Hall–Kier alpha value is -0.920. The van der Waals surface area contributed by atoms with Crippen LogP contribution in [0.1, 0.15) is 13.8 Å². The summed E-state index contributed by atoms with van der Waals surface area (Å²) in [5.41, 5.74) is 0. The minimum Gasteiger partial charge on any atom is -0.350 e. The summed E-state index contributed by atoms with van der Waals surface area (Å²) in [7, 11) is -4.67. The number of amides is 1. The maximum Gasteiger partial charge on any atom is 0.394 e. The quantitative estimate of drug-likeness (QED) is 0.442. The molecule has 0 aliphatic heterocycles. The fourth-order valence-corrected chi connectivity index (χ4v) is 0.343. The molecule has 0 fully saturated rings. The maximum atomic E-state index is 10.4. The predicted octanol–water partition coefficient (Wildman–Crippen LogP) is 0.0442. The molecule has 78 valence electrons. The molecule has 0 unspecified atom stereocenters. The van der Waals surface area contributed by atoms with Gasteiger partial charge in [0, 0.05) is 6.04 Å². The number of hydrogen-bond donors (Lipinski definition) is 3. The number of carbonyl (C=O) groups excluding carboxylic acids is 1. The third-order valence-corrected chi connectivity index (χ3v) is 0.616. The molecule has 0 bridgehead atoms. The first kappa shape index (κ1) is 14.6. The molecule has 0 rings (SSSR count). The van der Waals surface area contributed by atoms with Gasteiger partial charge in [0.05, 0.1) is 0 Å². The molecule has 3 N–H and O–H groups in total. The Labute approximate surface area is 77.2 Å². The van der Waals surface area contributed by atoms with Crippen LogP contribution in [0.25, 0.3) is 0 Å². The summed E-state index contributed by atoms with van der Waals surface area (Å²) in [6.45, 7) is 7.11. The number of hydrogen-bond acceptors (Lipinski definition) is 3. The van der Waals surface area contributed by atoms with Gasteiger partial charge in [-0.3, -0.25) is 13.9 Å². The van der Waals surface area contributed by atoms with Crippen LogP contribution in [0, 0.1) is 0 Å². The van der Waals surface area contributed by atoms with Crippen LogP contribution in [0.3, 0.4) is 0 Å². The average molecular weight is 211 g/mol. The van der Waals surface area contributed by atoms with Crippen molar-refractivity contribution in [1.82, 2.24) is 5.32 Å². The van der Waals surface area contributed by atoms with Gasteiger partial charge in [0.1, 0.15) is 0 Å². The van der Waals surface area contributed by atoms with Gasteiger partial charge in [-0.05, 0) is 19.9 Å². The van der Waals surface area contributed by atoms with Crippen molar-refractivity contribution in [1.29, 1.82) is 0 Å². The summed E-state index contributed by atoms with van der Waals surface area (Å²) in [5, 5.41) is 2.64. The van der Waals surface area contributed by atoms with E-state index >= 15 is 0 Å². The maximum absolute atomic E-state index is 10.4. The molecule has 13 heavy (non-hydrogen) atoms. The predicted molar refractivity (Wildman–Crippen MR) is 47.7 cm³/mol. The molecule has 7 heteroatoms. The lowest BCUT2D eigenvalue weighted by Gasteiger charge is -2.02. The van der Waals surface area contributed by atoms with Crippen molar-refractivity contribution in [3.8, 4) is 0 Å². The Morgan fingerprint density at radius 2 is 1.77 bits per heavy atom. The summed E-state index contributed by atoms with van der Waals surface area (Å²) in [4.78, 5) is 10.4. The zero-order valence-corrected chi connectivity index (χ0v) is 8.21. The van der Waals surface area contributed by atoms with E-state index in [4.69, 9.17) is 17.5 Å². The van der Waals surface area contributed by atoms with E-state index in [1.165, 1.54) is 6.08 Å². The van der Waals surface area contributed by atoms with E-state index in [-0.39, 0.29) is 11.9 Å². The highest BCUT2D eigenvalue weighted by molar-refractivity contribution is 7.79. The second kappa shape index (κ2) is 6.58. The van der Waals surface area contributed by atoms with E-state index in [1.807, 2.05) is 13.8 Å². The van der Waals surface area contributed by atoms with Crippen LogP contribution in [-0.2, 0) is 15.2 Å². The molecule has 1 amide bonds. The third-order valence-electron chi connectivity index (χ3n) is 0.616. The van der Waals surface area contributed by atoms with E-state index in [0.29, 0.717) is 0 Å². The highest BCUT2D eigenvalue weighted by Gasteiger charge is 1.93. The fraction of sp³-hybridized carbons (Fsp3) is 0.500. The second-order valence-corrected chi connectivity index (χ2v) is 3.21. The lowest BCUT2D eigenvalue weighted by molar-refractivity contribution is -0.116. The molecule has 0 aromatic heterocycles. The zero-order chi connectivity index (χ0) is 11.1. The SMILES string of the molecule is C=CC(=O)NC(C)C.O=S(=O)(O)O. The minimum atomic E-state index is -4.67. The summed E-state index contributed by atoms with van der Waals surface area (Å²) in [6.07, 6.45) is 1.26. The van der Waals surface area contributed by atoms with Gasteiger partial charge >= 0.3 is 10.4 Å². The number of nitrogens with one attached hydrogen (secondary N) is 1. The first-order valence-electron chi connectivity index (χ1n) is 3.29. The molecular formula is C6H13NO5S. The van der Waals surface area contributed by atoms with Crippen LogP contribution in [-0.4, -0.2) is 29.5 Å². The topological polar surface area (TPSA) is 104 Å². The highest BCUT2D eigenvalue weighted by Crippen LogP contribution is 1.75. The number of rotatable bonds is 2. The molecule has 0 atom stereocenters. The average Bonchev–Trinajstić information content (AvgIpc) is 1.82. The van der Waals surface area contributed by atoms with Crippen molar-refractivity contribution in [3.05, 3.63) is 12.7 Å². The monoisotopic (exact) mass is 211 g/mol. The van der Waals surface area contributed by atoms with Gasteiger partial charge < -0.3 is 5.32 Å². The molecular weight excluding hydrogens is 198 g/mol. The third kappa shape index (κ3) is 35.4. The molecule has 0 aliphatic carbocycles. The molecule has 0 saturated heterocycles. The highest BCUT2D eigenvalue weighted by atomic mass is 32.3. The van der Waals surface area contributed by atoms with Crippen LogP contribution >= 0.6 is 0 Å². The normalized spacial score (nSPS) is 9.92. The summed E-state index contributed by atoms with van der Waals surface area (Å²) in [5.74, 6) is -0.111. The van der Waals surface area contributed by atoms with Gasteiger partial charge in [0.2, 0.25) is 5.91 Å². The van der Waals surface area contributed by atoms with Crippen molar-refractivity contribution < 1.29 is 22.3 Å². The second-order valence-electron chi connectivity index (χ2n) is 2.32. The Morgan fingerprint density at radius 1 is 1.46 bits per heavy atom. The van der Waals surface area contributed by atoms with Crippen molar-refractivity contribution in [3.63, 3.8) is 0 Å². The molecule has 0 radical (unpaired) electrons. The summed E-state index contributed by atoms with van der Waals surface area (Å²) in [6, 6.07) is 0.209. The first-order chi connectivity index (χ1) is 5.66. The Bertz CT molecular complexity index is 248. The first-order valence-corrected chi connectivity index (χ1v) is 4.69. The van der Waals surface area contributed by atoms with Gasteiger partial charge in [0.15, 0.2) is 0 Å². The van der Waals surface area contributed by atoms with E-state index in [9.17, 15) is 4.79 Å². The molecule has 0 heterocycles. The fourth-order valence-electron chi connectivity index (χ4n) is 0.343. The zero-order valence-electron chi connectivity index (χ0n) is 7.39. The molecule has 6 nitrogen and oxygen atoms in total. The Morgan fingerprint density at radius 3 is 1.85 bits per heavy atom. The van der Waals surface area contributed by atoms with Gasteiger partial charge in [0.25, 0.3) is 0 Å². The lowest BCUT2D eigenvalue weighted by atomic mass is 10.4. The molecule has 0 aliphatic rings. The van der Waals surface area contributed by atoms with Crippen LogP contribution < -0.4 is 5.32 Å². The standard InChI is InChI=1S/C6H11NO.H2O4S/c1-4-6(8)7-5(2)3;1-5(2,3)4/h4-5H,1H2,2-3H3,(H,7,8);(H2,1,2,3,4). The summed E-state index contributed by atoms with van der Waals surface area (Å²) >= 11 is 0. The van der Waals surface area contributed by atoms with E-state index < -0.39 is 10.4 Å². The Balaban J connectivity index is 0.